The van der Waals surface area contributed by atoms with E-state index in [0.717, 1.165) is 0 Å². The largest absolute Gasteiger partial charge is 0.472 e. The third-order valence-corrected chi connectivity index (χ3v) is 5.35. The highest BCUT2D eigenvalue weighted by Crippen LogP contribution is 2.23. The van der Waals surface area contributed by atoms with E-state index in [1.54, 1.807) is 28.4 Å². The van der Waals surface area contributed by atoms with E-state index in [1.807, 2.05) is 22.4 Å². The van der Waals surface area contributed by atoms with Gasteiger partial charge in [-0.25, -0.2) is 0 Å². The standard InChI is InChI=1S/C19H22N2O3S/c1-2-8-21(13-17-4-3-12-25-17)18(22)15-5-9-20(10-6-15)19(23)16-7-11-24-14-16/h2-4,7,11-12,14-15H,1,5-6,8-10,13H2. The summed E-state index contributed by atoms with van der Waals surface area (Å²) < 4.78 is 4.98. The van der Waals surface area contributed by atoms with E-state index in [4.69, 9.17) is 4.42 Å². The molecule has 6 heteroatoms. The highest BCUT2D eigenvalue weighted by molar-refractivity contribution is 7.09. The molecule has 0 bridgehead atoms. The van der Waals surface area contributed by atoms with Gasteiger partial charge in [-0.15, -0.1) is 17.9 Å². The van der Waals surface area contributed by atoms with Crippen LogP contribution in [0.25, 0.3) is 0 Å². The van der Waals surface area contributed by atoms with Gasteiger partial charge in [-0.05, 0) is 30.4 Å². The van der Waals surface area contributed by atoms with Gasteiger partial charge in [0.1, 0.15) is 6.26 Å². The molecule has 0 spiro atoms. The van der Waals surface area contributed by atoms with Crippen LogP contribution in [0.4, 0.5) is 0 Å². The molecule has 0 radical (unpaired) electrons. The fraction of sp³-hybridized carbons (Fsp3) is 0.368. The van der Waals surface area contributed by atoms with E-state index in [9.17, 15) is 9.59 Å². The van der Waals surface area contributed by atoms with Crippen molar-refractivity contribution in [3.8, 4) is 0 Å². The van der Waals surface area contributed by atoms with Gasteiger partial charge >= 0.3 is 0 Å². The Morgan fingerprint density at radius 2 is 2.16 bits per heavy atom. The monoisotopic (exact) mass is 358 g/mol. The molecule has 3 rings (SSSR count). The van der Waals surface area contributed by atoms with Crippen LogP contribution >= 0.6 is 11.3 Å². The maximum atomic E-state index is 12.9. The van der Waals surface area contributed by atoms with Crippen LogP contribution in [0, 0.1) is 5.92 Å². The first-order chi connectivity index (χ1) is 12.2. The molecule has 2 aromatic heterocycles. The van der Waals surface area contributed by atoms with Crippen LogP contribution in [0.3, 0.4) is 0 Å². The minimum Gasteiger partial charge on any atom is -0.472 e. The first-order valence-corrected chi connectivity index (χ1v) is 9.30. The number of piperidine rings is 1. The zero-order chi connectivity index (χ0) is 17.6. The maximum Gasteiger partial charge on any atom is 0.257 e. The molecule has 25 heavy (non-hydrogen) atoms. The van der Waals surface area contributed by atoms with Crippen LogP contribution in [-0.4, -0.2) is 41.2 Å². The number of amides is 2. The summed E-state index contributed by atoms with van der Waals surface area (Å²) in [7, 11) is 0. The van der Waals surface area contributed by atoms with Crippen molar-refractivity contribution in [3.63, 3.8) is 0 Å². The van der Waals surface area contributed by atoms with Crippen LogP contribution in [-0.2, 0) is 11.3 Å². The quantitative estimate of drug-likeness (QED) is 0.744. The summed E-state index contributed by atoms with van der Waals surface area (Å²) in [6.07, 6.45) is 6.12. The van der Waals surface area contributed by atoms with E-state index in [-0.39, 0.29) is 17.7 Å². The molecule has 5 nitrogen and oxygen atoms in total. The molecule has 1 saturated heterocycles. The lowest BCUT2D eigenvalue weighted by Gasteiger charge is -2.33. The fourth-order valence-electron chi connectivity index (χ4n) is 3.14. The second-order valence-corrected chi connectivity index (χ2v) is 7.20. The van der Waals surface area contributed by atoms with Crippen molar-refractivity contribution in [2.75, 3.05) is 19.6 Å². The van der Waals surface area contributed by atoms with Gasteiger partial charge in [0.2, 0.25) is 5.91 Å². The second kappa shape index (κ2) is 8.16. The lowest BCUT2D eigenvalue weighted by atomic mass is 9.94. The van der Waals surface area contributed by atoms with Crippen LogP contribution in [0.2, 0.25) is 0 Å². The van der Waals surface area contributed by atoms with Gasteiger partial charge < -0.3 is 14.2 Å². The number of furan rings is 1. The van der Waals surface area contributed by atoms with E-state index >= 15 is 0 Å². The van der Waals surface area contributed by atoms with Gasteiger partial charge in [0.15, 0.2) is 0 Å². The maximum absolute atomic E-state index is 12.9. The SMILES string of the molecule is C=CCN(Cc1cccs1)C(=O)C1CCN(C(=O)c2ccoc2)CC1. The summed E-state index contributed by atoms with van der Waals surface area (Å²) >= 11 is 1.65. The lowest BCUT2D eigenvalue weighted by molar-refractivity contribution is -0.137. The van der Waals surface area contributed by atoms with Gasteiger partial charge in [0.05, 0.1) is 18.4 Å². The summed E-state index contributed by atoms with van der Waals surface area (Å²) in [5, 5.41) is 2.02. The smallest absolute Gasteiger partial charge is 0.257 e. The number of nitrogens with zero attached hydrogens (tertiary/aromatic N) is 2. The van der Waals surface area contributed by atoms with Crippen molar-refractivity contribution in [2.24, 2.45) is 5.92 Å². The first kappa shape index (κ1) is 17.5. The van der Waals surface area contributed by atoms with E-state index < -0.39 is 0 Å². The zero-order valence-corrected chi connectivity index (χ0v) is 14.9. The molecule has 0 aliphatic carbocycles. The van der Waals surface area contributed by atoms with Crippen molar-refractivity contribution in [3.05, 3.63) is 59.2 Å². The number of carbonyl (C=O) groups is 2. The van der Waals surface area contributed by atoms with Gasteiger partial charge in [-0.3, -0.25) is 9.59 Å². The molecule has 2 aromatic rings. The molecule has 2 amide bonds. The molecular weight excluding hydrogens is 336 g/mol. The molecule has 0 atom stereocenters. The number of carbonyl (C=O) groups excluding carboxylic acids is 2. The van der Waals surface area contributed by atoms with Crippen LogP contribution in [0.15, 0.2) is 53.2 Å². The fourth-order valence-corrected chi connectivity index (χ4v) is 3.85. The number of hydrogen-bond acceptors (Lipinski definition) is 4. The summed E-state index contributed by atoms with van der Waals surface area (Å²) in [5.41, 5.74) is 0.566. The zero-order valence-electron chi connectivity index (χ0n) is 14.1. The minimum absolute atomic E-state index is 0.0267. The summed E-state index contributed by atoms with van der Waals surface area (Å²) in [5.74, 6) is 0.0956. The van der Waals surface area contributed by atoms with E-state index in [1.165, 1.54) is 17.4 Å². The number of likely N-dealkylation sites (tertiary alicyclic amines) is 1. The van der Waals surface area contributed by atoms with Gasteiger partial charge in [0.25, 0.3) is 5.91 Å². The summed E-state index contributed by atoms with van der Waals surface area (Å²) in [6.45, 7) is 6.13. The molecule has 0 saturated carbocycles. The third kappa shape index (κ3) is 4.20. The highest BCUT2D eigenvalue weighted by Gasteiger charge is 2.30. The van der Waals surface area contributed by atoms with Crippen LogP contribution in [0.1, 0.15) is 28.1 Å². The van der Waals surface area contributed by atoms with E-state index in [0.29, 0.717) is 44.6 Å². The number of rotatable bonds is 6. The van der Waals surface area contributed by atoms with Crippen molar-refractivity contribution in [1.29, 1.82) is 0 Å². The third-order valence-electron chi connectivity index (χ3n) is 4.49. The number of hydrogen-bond donors (Lipinski definition) is 0. The second-order valence-electron chi connectivity index (χ2n) is 6.17. The Balaban J connectivity index is 1.57. The van der Waals surface area contributed by atoms with Crippen molar-refractivity contribution >= 4 is 23.2 Å². The van der Waals surface area contributed by atoms with Crippen molar-refractivity contribution in [1.82, 2.24) is 9.80 Å². The molecule has 0 unspecified atom stereocenters. The predicted octanol–water partition coefficient (Wildman–Crippen LogP) is 3.41. The van der Waals surface area contributed by atoms with Gasteiger partial charge in [-0.2, -0.15) is 0 Å². The van der Waals surface area contributed by atoms with Crippen LogP contribution < -0.4 is 0 Å². The molecule has 1 fully saturated rings. The van der Waals surface area contributed by atoms with Crippen molar-refractivity contribution in [2.45, 2.75) is 19.4 Å². The Labute approximate surface area is 151 Å². The summed E-state index contributed by atoms with van der Waals surface area (Å²) in [4.78, 5) is 30.1. The number of thiophene rings is 1. The molecule has 1 aliphatic heterocycles. The van der Waals surface area contributed by atoms with Gasteiger partial charge in [0, 0.05) is 30.4 Å². The van der Waals surface area contributed by atoms with Gasteiger partial charge in [-0.1, -0.05) is 12.1 Å². The predicted molar refractivity (Wildman–Crippen MR) is 97.3 cm³/mol. The Kier molecular flexibility index (Phi) is 5.71. The Morgan fingerprint density at radius 1 is 1.36 bits per heavy atom. The molecule has 3 heterocycles. The lowest BCUT2D eigenvalue weighted by Crippen LogP contribution is -2.44. The Hall–Kier alpha value is -2.34. The summed E-state index contributed by atoms with van der Waals surface area (Å²) in [6, 6.07) is 5.71. The normalized spacial score (nSPS) is 15.1. The first-order valence-electron chi connectivity index (χ1n) is 8.42. The Morgan fingerprint density at radius 3 is 2.76 bits per heavy atom. The molecule has 1 aliphatic rings. The van der Waals surface area contributed by atoms with E-state index in [2.05, 4.69) is 6.58 Å². The Bertz CT molecular complexity index is 701. The van der Waals surface area contributed by atoms with Crippen molar-refractivity contribution < 1.29 is 14.0 Å². The average molecular weight is 358 g/mol. The molecule has 0 aromatic carbocycles. The molecule has 0 N–H and O–H groups in total. The molecule has 132 valence electrons. The topological polar surface area (TPSA) is 53.8 Å². The average Bonchev–Trinajstić information content (AvgIpc) is 3.34. The highest BCUT2D eigenvalue weighted by atomic mass is 32.1. The van der Waals surface area contributed by atoms with Crippen LogP contribution in [0.5, 0.6) is 0 Å². The minimum atomic E-state index is -0.0340. The molecular formula is C19H22N2O3S.